The molecule has 0 unspecified atom stereocenters. The Morgan fingerprint density at radius 2 is 1.11 bits per heavy atom. The van der Waals surface area contributed by atoms with E-state index in [2.05, 4.69) is 80.1 Å². The maximum Gasteiger partial charge on any atom is 0.222 e. The first kappa shape index (κ1) is 25.0. The summed E-state index contributed by atoms with van der Waals surface area (Å²) in [4.78, 5) is 34.8. The minimum Gasteiger partial charge on any atom is -0.311 e. The minimum atomic E-state index is -0.160. The molecule has 190 valence electrons. The third kappa shape index (κ3) is 6.02. The Bertz CT molecular complexity index is 1520. The van der Waals surface area contributed by atoms with Crippen LogP contribution in [0.5, 0.6) is 0 Å². The number of hydrogen-bond donors (Lipinski definition) is 2. The minimum absolute atomic E-state index is 0.160. The Morgan fingerprint density at radius 1 is 0.632 bits per heavy atom. The van der Waals surface area contributed by atoms with Crippen molar-refractivity contribution >= 4 is 45.0 Å². The number of pyridine rings is 2. The van der Waals surface area contributed by atoms with Crippen molar-refractivity contribution in [1.29, 1.82) is 0 Å². The van der Waals surface area contributed by atoms with E-state index in [4.69, 9.17) is 0 Å². The molecule has 2 N–H and O–H groups in total. The SMILES string of the molecule is CC(=O)Nc1cccc(CN(Cc2cccc(NC(C)=O)n2)Cc2c3ccccc3cc3ccccc23)n1. The van der Waals surface area contributed by atoms with Crippen LogP contribution in [0.4, 0.5) is 11.6 Å². The van der Waals surface area contributed by atoms with Gasteiger partial charge in [0.05, 0.1) is 11.4 Å². The number of nitrogens with one attached hydrogen (secondary N) is 2. The molecular weight excluding hydrogens is 474 g/mol. The molecule has 0 saturated carbocycles. The smallest absolute Gasteiger partial charge is 0.222 e. The van der Waals surface area contributed by atoms with E-state index in [1.807, 2.05) is 24.3 Å². The Kier molecular flexibility index (Phi) is 7.38. The maximum absolute atomic E-state index is 11.6. The van der Waals surface area contributed by atoms with Gasteiger partial charge in [0.15, 0.2) is 0 Å². The van der Waals surface area contributed by atoms with Crippen LogP contribution < -0.4 is 10.6 Å². The second-order valence-corrected chi connectivity index (χ2v) is 9.33. The lowest BCUT2D eigenvalue weighted by Crippen LogP contribution is -2.24. The van der Waals surface area contributed by atoms with Gasteiger partial charge in [-0.2, -0.15) is 0 Å². The van der Waals surface area contributed by atoms with E-state index in [9.17, 15) is 9.59 Å². The van der Waals surface area contributed by atoms with Crippen molar-refractivity contribution in [2.24, 2.45) is 0 Å². The number of amides is 2. The first-order valence-electron chi connectivity index (χ1n) is 12.5. The highest BCUT2D eigenvalue weighted by atomic mass is 16.2. The summed E-state index contributed by atoms with van der Waals surface area (Å²) < 4.78 is 0. The van der Waals surface area contributed by atoms with Gasteiger partial charge in [-0.25, -0.2) is 9.97 Å². The maximum atomic E-state index is 11.6. The van der Waals surface area contributed by atoms with Crippen molar-refractivity contribution in [3.8, 4) is 0 Å². The molecule has 2 aromatic heterocycles. The molecule has 0 aliphatic carbocycles. The second kappa shape index (κ2) is 11.2. The monoisotopic (exact) mass is 503 g/mol. The third-order valence-corrected chi connectivity index (χ3v) is 6.26. The van der Waals surface area contributed by atoms with E-state index in [0.29, 0.717) is 31.3 Å². The Hall–Kier alpha value is -4.62. The molecule has 0 aliphatic heterocycles. The van der Waals surface area contributed by atoms with Crippen molar-refractivity contribution in [1.82, 2.24) is 14.9 Å². The first-order chi connectivity index (χ1) is 18.4. The molecule has 7 heteroatoms. The molecular formula is C31H29N5O2. The molecule has 0 fully saturated rings. The van der Waals surface area contributed by atoms with Crippen LogP contribution in [-0.2, 0) is 29.2 Å². The molecule has 5 aromatic rings. The lowest BCUT2D eigenvalue weighted by atomic mass is 9.96. The average Bonchev–Trinajstić information content (AvgIpc) is 2.88. The van der Waals surface area contributed by atoms with Crippen molar-refractivity contribution in [3.63, 3.8) is 0 Å². The van der Waals surface area contributed by atoms with Crippen molar-refractivity contribution in [3.05, 3.63) is 108 Å². The largest absolute Gasteiger partial charge is 0.311 e. The zero-order chi connectivity index (χ0) is 26.5. The molecule has 0 atom stereocenters. The van der Waals surface area contributed by atoms with Crippen LogP contribution >= 0.6 is 0 Å². The van der Waals surface area contributed by atoms with Gasteiger partial charge in [0.2, 0.25) is 11.8 Å². The second-order valence-electron chi connectivity index (χ2n) is 9.33. The van der Waals surface area contributed by atoms with Crippen LogP contribution in [0.1, 0.15) is 30.8 Å². The van der Waals surface area contributed by atoms with Gasteiger partial charge < -0.3 is 10.6 Å². The number of aromatic nitrogens is 2. The van der Waals surface area contributed by atoms with Crippen molar-refractivity contribution < 1.29 is 9.59 Å². The fraction of sp³-hybridized carbons (Fsp3) is 0.161. The molecule has 3 aromatic carbocycles. The summed E-state index contributed by atoms with van der Waals surface area (Å²) in [7, 11) is 0. The van der Waals surface area contributed by atoms with Gasteiger partial charge in [0.25, 0.3) is 0 Å². The zero-order valence-corrected chi connectivity index (χ0v) is 21.4. The molecule has 0 spiro atoms. The van der Waals surface area contributed by atoms with E-state index in [-0.39, 0.29) is 11.8 Å². The number of carbonyl (C=O) groups excluding carboxylic acids is 2. The topological polar surface area (TPSA) is 87.2 Å². The van der Waals surface area contributed by atoms with Crippen molar-refractivity contribution in [2.75, 3.05) is 10.6 Å². The normalized spacial score (nSPS) is 11.1. The lowest BCUT2D eigenvalue weighted by molar-refractivity contribution is -0.115. The molecule has 0 bridgehead atoms. The summed E-state index contributed by atoms with van der Waals surface area (Å²) in [5.74, 6) is 0.730. The van der Waals surface area contributed by atoms with Gasteiger partial charge >= 0.3 is 0 Å². The summed E-state index contributed by atoms with van der Waals surface area (Å²) in [6.45, 7) is 4.67. The van der Waals surface area contributed by atoms with Crippen molar-refractivity contribution in [2.45, 2.75) is 33.5 Å². The number of hydrogen-bond acceptors (Lipinski definition) is 5. The Labute approximate surface area is 221 Å². The number of carbonyl (C=O) groups is 2. The van der Waals surface area contributed by atoms with E-state index in [1.165, 1.54) is 41.0 Å². The molecule has 38 heavy (non-hydrogen) atoms. The standard InChI is InChI=1S/C31H29N5O2/c1-21(37)32-30-15-7-11-25(34-30)18-36(19-26-12-8-16-31(35-26)33-22(2)38)20-29-27-13-5-3-9-23(27)17-24-10-4-6-14-28(24)29/h3-17H,18-20H2,1-2H3,(H,32,34,37)(H,33,35,38). The fourth-order valence-corrected chi connectivity index (χ4v) is 4.76. The number of nitrogens with zero attached hydrogens (tertiary/aromatic N) is 3. The summed E-state index contributed by atoms with van der Waals surface area (Å²) in [6.07, 6.45) is 0. The number of fused-ring (bicyclic) bond motifs is 2. The van der Waals surface area contributed by atoms with Crippen LogP contribution in [0.3, 0.4) is 0 Å². The van der Waals surface area contributed by atoms with Crippen LogP contribution in [0.2, 0.25) is 0 Å². The van der Waals surface area contributed by atoms with Crippen LogP contribution in [0, 0.1) is 0 Å². The Balaban J connectivity index is 1.54. The van der Waals surface area contributed by atoms with E-state index < -0.39 is 0 Å². The van der Waals surface area contributed by atoms with Crippen LogP contribution in [0.15, 0.2) is 91.0 Å². The van der Waals surface area contributed by atoms with Crippen LogP contribution in [0.25, 0.3) is 21.5 Å². The highest BCUT2D eigenvalue weighted by Crippen LogP contribution is 2.30. The molecule has 2 heterocycles. The third-order valence-electron chi connectivity index (χ3n) is 6.26. The number of anilines is 2. The molecule has 5 rings (SSSR count). The predicted molar refractivity (Wildman–Crippen MR) is 151 cm³/mol. The van der Waals surface area contributed by atoms with Gasteiger partial charge in [-0.05, 0) is 57.4 Å². The van der Waals surface area contributed by atoms with E-state index >= 15 is 0 Å². The van der Waals surface area contributed by atoms with Gasteiger partial charge in [-0.1, -0.05) is 60.7 Å². The van der Waals surface area contributed by atoms with Gasteiger partial charge in [-0.15, -0.1) is 0 Å². The molecule has 2 amide bonds. The zero-order valence-electron chi connectivity index (χ0n) is 21.4. The van der Waals surface area contributed by atoms with Gasteiger partial charge in [-0.3, -0.25) is 14.5 Å². The van der Waals surface area contributed by atoms with Crippen LogP contribution in [-0.4, -0.2) is 26.7 Å². The average molecular weight is 504 g/mol. The summed E-state index contributed by atoms with van der Waals surface area (Å²) in [6, 6.07) is 30.4. The summed E-state index contributed by atoms with van der Waals surface area (Å²) in [5, 5.41) is 10.3. The highest BCUT2D eigenvalue weighted by molar-refractivity contribution is 6.02. The summed E-state index contributed by atoms with van der Waals surface area (Å²) in [5.41, 5.74) is 2.90. The quantitative estimate of drug-likeness (QED) is 0.257. The molecule has 0 radical (unpaired) electrons. The lowest BCUT2D eigenvalue weighted by Gasteiger charge is -2.24. The van der Waals surface area contributed by atoms with Gasteiger partial charge in [0.1, 0.15) is 11.6 Å². The fourth-order valence-electron chi connectivity index (χ4n) is 4.76. The molecule has 7 nitrogen and oxygen atoms in total. The summed E-state index contributed by atoms with van der Waals surface area (Å²) >= 11 is 0. The molecule has 0 saturated heterocycles. The highest BCUT2D eigenvalue weighted by Gasteiger charge is 2.16. The molecule has 0 aliphatic rings. The van der Waals surface area contributed by atoms with E-state index in [0.717, 1.165) is 11.4 Å². The predicted octanol–water partition coefficient (Wildman–Crippen LogP) is 5.90. The number of rotatable bonds is 8. The first-order valence-corrected chi connectivity index (χ1v) is 12.5. The number of benzene rings is 3. The van der Waals surface area contributed by atoms with Gasteiger partial charge in [0, 0.05) is 33.5 Å². The van der Waals surface area contributed by atoms with E-state index in [1.54, 1.807) is 12.1 Å². The Morgan fingerprint density at radius 3 is 1.58 bits per heavy atom.